The summed E-state index contributed by atoms with van der Waals surface area (Å²) in [6.07, 6.45) is 3.94. The zero-order valence-electron chi connectivity index (χ0n) is 19.9. The van der Waals surface area contributed by atoms with Crippen LogP contribution in [0.1, 0.15) is 56.3 Å². The van der Waals surface area contributed by atoms with Gasteiger partial charge in [0.15, 0.2) is 6.10 Å². The molecule has 7 nitrogen and oxygen atoms in total. The molecule has 0 bridgehead atoms. The molecule has 9 heteroatoms. The fourth-order valence-corrected chi connectivity index (χ4v) is 6.83. The molecule has 0 radical (unpaired) electrons. The molecule has 2 saturated carbocycles. The van der Waals surface area contributed by atoms with Crippen molar-refractivity contribution in [3.05, 3.63) is 51.8 Å². The van der Waals surface area contributed by atoms with Gasteiger partial charge >= 0.3 is 11.9 Å². The second-order valence-electron chi connectivity index (χ2n) is 10.4. The third-order valence-corrected chi connectivity index (χ3v) is 9.00. The number of nitrogens with zero attached hydrogens (tertiary/aromatic N) is 1. The van der Waals surface area contributed by atoms with Gasteiger partial charge in [0.2, 0.25) is 0 Å². The van der Waals surface area contributed by atoms with Crippen LogP contribution in [0.2, 0.25) is 10.3 Å². The van der Waals surface area contributed by atoms with E-state index in [1.807, 2.05) is 6.92 Å². The van der Waals surface area contributed by atoms with E-state index in [9.17, 15) is 19.8 Å². The van der Waals surface area contributed by atoms with Crippen molar-refractivity contribution in [1.29, 1.82) is 0 Å². The minimum Gasteiger partial charge on any atom is -0.458 e. The molecule has 1 aromatic heterocycles. The van der Waals surface area contributed by atoms with Crippen LogP contribution >= 0.6 is 23.2 Å². The van der Waals surface area contributed by atoms with Crippen molar-refractivity contribution in [3.63, 3.8) is 0 Å². The van der Waals surface area contributed by atoms with Crippen LogP contribution in [0.15, 0.2) is 35.9 Å². The molecule has 2 N–H and O–H groups in total. The molecule has 0 aromatic carbocycles. The SMILES string of the molecule is C=C1CC[C@@H]2[C@](C)(CO)[C@H](O)CC[C@@]2(C)[C@@H]1C/C=C1/C(=O)OC[C@H]1OC(=O)c1ccc(Cl)nc1Cl. The lowest BCUT2D eigenvalue weighted by molar-refractivity contribution is -0.151. The average Bonchev–Trinajstić information content (AvgIpc) is 3.15. The van der Waals surface area contributed by atoms with Crippen molar-refractivity contribution in [2.24, 2.45) is 22.7 Å². The Morgan fingerprint density at radius 1 is 1.34 bits per heavy atom. The molecular weight excluding hydrogens is 493 g/mol. The summed E-state index contributed by atoms with van der Waals surface area (Å²) in [5.41, 5.74) is 0.650. The molecule has 0 spiro atoms. The average molecular weight is 524 g/mol. The molecule has 35 heavy (non-hydrogen) atoms. The van der Waals surface area contributed by atoms with Crippen molar-refractivity contribution < 1.29 is 29.3 Å². The van der Waals surface area contributed by atoms with E-state index in [0.29, 0.717) is 12.8 Å². The number of cyclic esters (lactones) is 1. The van der Waals surface area contributed by atoms with E-state index >= 15 is 0 Å². The van der Waals surface area contributed by atoms with E-state index < -0.39 is 29.6 Å². The van der Waals surface area contributed by atoms with Crippen molar-refractivity contribution in [2.45, 2.75) is 58.2 Å². The topological polar surface area (TPSA) is 106 Å². The maximum atomic E-state index is 12.7. The summed E-state index contributed by atoms with van der Waals surface area (Å²) < 4.78 is 10.7. The molecule has 3 fully saturated rings. The van der Waals surface area contributed by atoms with Gasteiger partial charge < -0.3 is 19.7 Å². The van der Waals surface area contributed by atoms with Gasteiger partial charge in [0.1, 0.15) is 16.9 Å². The number of carbonyl (C=O) groups excluding carboxylic acids is 2. The van der Waals surface area contributed by atoms with E-state index in [1.54, 1.807) is 6.08 Å². The van der Waals surface area contributed by atoms with Gasteiger partial charge in [-0.3, -0.25) is 0 Å². The molecule has 2 aliphatic carbocycles. The number of ether oxygens (including phenoxy) is 2. The number of hydrogen-bond donors (Lipinski definition) is 2. The number of esters is 2. The first-order chi connectivity index (χ1) is 16.5. The van der Waals surface area contributed by atoms with Gasteiger partial charge in [-0.25, -0.2) is 14.6 Å². The summed E-state index contributed by atoms with van der Waals surface area (Å²) in [5.74, 6) is -1.08. The van der Waals surface area contributed by atoms with Crippen molar-refractivity contribution in [1.82, 2.24) is 4.98 Å². The standard InChI is InChI=1S/C26H31Cl2NO6/c1-14-4-8-19-25(2,11-10-20(31)26(19,3)13-30)17(14)7-5-15-18(12-34-23(15)32)35-24(33)16-6-9-21(27)29-22(16)28/h5-6,9,17-20,30-31H,1,4,7-8,10-13H2,2-3H3/b15-5+/t17-,18-,19+,20-,25+,26+/m1/s1. The van der Waals surface area contributed by atoms with Crippen LogP contribution in [0.3, 0.4) is 0 Å². The number of pyridine rings is 1. The van der Waals surface area contributed by atoms with Crippen LogP contribution in [0, 0.1) is 22.7 Å². The number of aliphatic hydroxyl groups is 2. The first-order valence-corrected chi connectivity index (χ1v) is 12.6. The summed E-state index contributed by atoms with van der Waals surface area (Å²) in [4.78, 5) is 29.0. The van der Waals surface area contributed by atoms with E-state index in [4.69, 9.17) is 32.7 Å². The molecule has 2 heterocycles. The van der Waals surface area contributed by atoms with E-state index in [1.165, 1.54) is 12.1 Å². The molecular formula is C26H31Cl2NO6. The van der Waals surface area contributed by atoms with E-state index in [0.717, 1.165) is 24.8 Å². The van der Waals surface area contributed by atoms with E-state index in [2.05, 4.69) is 18.5 Å². The van der Waals surface area contributed by atoms with Gasteiger partial charge in [-0.1, -0.05) is 55.3 Å². The Morgan fingerprint density at radius 3 is 2.77 bits per heavy atom. The first-order valence-electron chi connectivity index (χ1n) is 11.9. The molecule has 0 unspecified atom stereocenters. The molecule has 3 aliphatic rings. The van der Waals surface area contributed by atoms with E-state index in [-0.39, 0.29) is 51.9 Å². The molecule has 190 valence electrons. The van der Waals surface area contributed by atoms with Crippen LogP contribution < -0.4 is 0 Å². The van der Waals surface area contributed by atoms with Crippen molar-refractivity contribution in [2.75, 3.05) is 13.2 Å². The highest BCUT2D eigenvalue weighted by Gasteiger charge is 2.57. The quantitative estimate of drug-likeness (QED) is 0.252. The highest BCUT2D eigenvalue weighted by Crippen LogP contribution is 2.61. The highest BCUT2D eigenvalue weighted by molar-refractivity contribution is 6.34. The molecule has 1 saturated heterocycles. The molecule has 1 aliphatic heterocycles. The minimum atomic E-state index is -0.863. The number of fused-ring (bicyclic) bond motifs is 1. The third-order valence-electron chi connectivity index (χ3n) is 8.50. The Balaban J connectivity index is 1.55. The zero-order valence-corrected chi connectivity index (χ0v) is 21.4. The zero-order chi connectivity index (χ0) is 25.5. The summed E-state index contributed by atoms with van der Waals surface area (Å²) in [7, 11) is 0. The normalized spacial score (nSPS) is 36.1. The smallest absolute Gasteiger partial charge is 0.342 e. The monoisotopic (exact) mass is 523 g/mol. The van der Waals surface area contributed by atoms with Gasteiger partial charge in [0.05, 0.1) is 23.8 Å². The van der Waals surface area contributed by atoms with Crippen LogP contribution in [-0.4, -0.2) is 52.6 Å². The predicted molar refractivity (Wildman–Crippen MR) is 131 cm³/mol. The van der Waals surface area contributed by atoms with Crippen LogP contribution in [0.5, 0.6) is 0 Å². The maximum absolute atomic E-state index is 12.7. The molecule has 6 atom stereocenters. The fourth-order valence-electron chi connectivity index (χ4n) is 6.41. The highest BCUT2D eigenvalue weighted by atomic mass is 35.5. The van der Waals surface area contributed by atoms with Gasteiger partial charge in [0.25, 0.3) is 0 Å². The largest absolute Gasteiger partial charge is 0.458 e. The van der Waals surface area contributed by atoms with Crippen LogP contribution in [0.25, 0.3) is 0 Å². The van der Waals surface area contributed by atoms with Gasteiger partial charge in [-0.15, -0.1) is 0 Å². The number of carbonyl (C=O) groups is 2. The number of hydrogen-bond acceptors (Lipinski definition) is 7. The molecule has 4 rings (SSSR count). The van der Waals surface area contributed by atoms with Gasteiger partial charge in [-0.05, 0) is 61.5 Å². The Labute approximate surface area is 215 Å². The second-order valence-corrected chi connectivity index (χ2v) is 11.1. The predicted octanol–water partition coefficient (Wildman–Crippen LogP) is 4.53. The van der Waals surface area contributed by atoms with Crippen LogP contribution in [0.4, 0.5) is 0 Å². The number of allylic oxidation sites excluding steroid dienone is 2. The Bertz CT molecular complexity index is 1070. The van der Waals surface area contributed by atoms with Gasteiger partial charge in [0, 0.05) is 5.41 Å². The number of aromatic nitrogens is 1. The summed E-state index contributed by atoms with van der Waals surface area (Å²) >= 11 is 11.8. The lowest BCUT2D eigenvalue weighted by Crippen LogP contribution is -2.57. The number of halogens is 2. The summed E-state index contributed by atoms with van der Waals surface area (Å²) in [6.45, 7) is 8.33. The summed E-state index contributed by atoms with van der Waals surface area (Å²) in [5, 5.41) is 20.9. The van der Waals surface area contributed by atoms with Crippen molar-refractivity contribution in [3.8, 4) is 0 Å². The Hall–Kier alpha value is -1.93. The Kier molecular flexibility index (Phi) is 7.36. The van der Waals surface area contributed by atoms with Crippen molar-refractivity contribution >= 4 is 35.1 Å². The minimum absolute atomic E-state index is 0.0480. The lowest BCUT2D eigenvalue weighted by Gasteiger charge is -2.59. The lowest BCUT2D eigenvalue weighted by atomic mass is 9.46. The second kappa shape index (κ2) is 9.85. The Morgan fingerprint density at radius 2 is 2.09 bits per heavy atom. The molecule has 1 aromatic rings. The fraction of sp³-hybridized carbons (Fsp3) is 0.577. The molecule has 0 amide bonds. The maximum Gasteiger partial charge on any atom is 0.342 e. The third kappa shape index (κ3) is 4.64. The number of rotatable bonds is 5. The van der Waals surface area contributed by atoms with Crippen LogP contribution in [-0.2, 0) is 14.3 Å². The van der Waals surface area contributed by atoms with Gasteiger partial charge in [-0.2, -0.15) is 0 Å². The number of aliphatic hydroxyl groups excluding tert-OH is 2. The summed E-state index contributed by atoms with van der Waals surface area (Å²) in [6, 6.07) is 2.85. The first kappa shape index (κ1) is 26.1.